The number of unbranched alkanes of at least 4 members (excludes halogenated alkanes) is 8. The van der Waals surface area contributed by atoms with Crippen LogP contribution >= 0.6 is 0 Å². The number of esters is 2. The SMILES string of the molecule is CCCCCCCC(CCCCCCC)OC(=O)CCCN(CCCC(=O)OC(C)(C)C)C(=O)S(=O)(=O)CCCN1CCCC1. The summed E-state index contributed by atoms with van der Waals surface area (Å²) in [7, 11) is -4.01. The summed E-state index contributed by atoms with van der Waals surface area (Å²) in [6, 6.07) is 0. The van der Waals surface area contributed by atoms with Crippen LogP contribution in [0.1, 0.15) is 157 Å². The van der Waals surface area contributed by atoms with Crippen LogP contribution < -0.4 is 0 Å². The van der Waals surface area contributed by atoms with Crippen molar-refractivity contribution < 1.29 is 32.3 Å². The minimum atomic E-state index is -4.01. The first-order chi connectivity index (χ1) is 21.4. The summed E-state index contributed by atoms with van der Waals surface area (Å²) in [6.07, 6.45) is 16.7. The minimum absolute atomic E-state index is 0.0797. The predicted molar refractivity (Wildman–Crippen MR) is 182 cm³/mol. The summed E-state index contributed by atoms with van der Waals surface area (Å²) >= 11 is 0. The van der Waals surface area contributed by atoms with Gasteiger partial charge < -0.3 is 19.3 Å². The van der Waals surface area contributed by atoms with E-state index in [1.165, 1.54) is 43.4 Å². The molecule has 1 saturated heterocycles. The molecule has 45 heavy (non-hydrogen) atoms. The van der Waals surface area contributed by atoms with Gasteiger partial charge in [-0.25, -0.2) is 8.42 Å². The van der Waals surface area contributed by atoms with Gasteiger partial charge in [-0.3, -0.25) is 14.4 Å². The van der Waals surface area contributed by atoms with Crippen LogP contribution in [-0.4, -0.2) is 85.6 Å². The molecule has 0 unspecified atom stereocenters. The van der Waals surface area contributed by atoms with Gasteiger partial charge in [-0.2, -0.15) is 0 Å². The van der Waals surface area contributed by atoms with Crippen LogP contribution in [0, 0.1) is 0 Å². The molecule has 1 rings (SSSR count). The lowest BCUT2D eigenvalue weighted by Gasteiger charge is -2.24. The lowest BCUT2D eigenvalue weighted by atomic mass is 10.0. The van der Waals surface area contributed by atoms with Gasteiger partial charge in [0.05, 0.1) is 5.75 Å². The molecule has 0 spiro atoms. The molecule has 264 valence electrons. The molecule has 0 radical (unpaired) electrons. The van der Waals surface area contributed by atoms with Crippen molar-refractivity contribution in [3.8, 4) is 0 Å². The Balaban J connectivity index is 2.71. The fourth-order valence-electron chi connectivity index (χ4n) is 5.74. The Bertz CT molecular complexity index is 913. The lowest BCUT2D eigenvalue weighted by Crippen LogP contribution is -2.39. The number of carbonyl (C=O) groups is 3. The average Bonchev–Trinajstić information content (AvgIpc) is 3.48. The van der Waals surface area contributed by atoms with E-state index in [0.717, 1.165) is 64.5 Å². The second-order valence-electron chi connectivity index (χ2n) is 13.8. The van der Waals surface area contributed by atoms with Gasteiger partial charge in [0.25, 0.3) is 0 Å². The van der Waals surface area contributed by atoms with Crippen LogP contribution in [0.15, 0.2) is 0 Å². The molecule has 0 aromatic carbocycles. The topological polar surface area (TPSA) is 110 Å². The number of hydrogen-bond acceptors (Lipinski definition) is 8. The Morgan fingerprint density at radius 3 is 1.76 bits per heavy atom. The van der Waals surface area contributed by atoms with Crippen LogP contribution in [0.5, 0.6) is 0 Å². The Hall–Kier alpha value is -1.68. The van der Waals surface area contributed by atoms with Gasteiger partial charge in [0.2, 0.25) is 9.84 Å². The molecule has 9 nitrogen and oxygen atoms in total. The summed E-state index contributed by atoms with van der Waals surface area (Å²) in [5.41, 5.74) is -0.617. The van der Waals surface area contributed by atoms with E-state index in [1.807, 2.05) is 0 Å². The lowest BCUT2D eigenvalue weighted by molar-refractivity contribution is -0.155. The van der Waals surface area contributed by atoms with Crippen molar-refractivity contribution in [3.63, 3.8) is 0 Å². The molecule has 1 heterocycles. The summed E-state index contributed by atoms with van der Waals surface area (Å²) < 4.78 is 37.3. The molecule has 10 heteroatoms. The van der Waals surface area contributed by atoms with Crippen molar-refractivity contribution in [1.82, 2.24) is 9.80 Å². The first-order valence-corrected chi connectivity index (χ1v) is 19.7. The van der Waals surface area contributed by atoms with Crippen LogP contribution in [0.3, 0.4) is 0 Å². The Labute approximate surface area is 275 Å². The first kappa shape index (κ1) is 41.3. The molecule has 0 aliphatic carbocycles. The van der Waals surface area contributed by atoms with Crippen LogP contribution in [0.4, 0.5) is 4.79 Å². The predicted octanol–water partition coefficient (Wildman–Crippen LogP) is 7.84. The number of ether oxygens (including phenoxy) is 2. The van der Waals surface area contributed by atoms with Gasteiger partial charge in [-0.15, -0.1) is 0 Å². The van der Waals surface area contributed by atoms with Crippen molar-refractivity contribution in [2.24, 2.45) is 0 Å². The molecule has 1 aliphatic rings. The Morgan fingerprint density at radius 1 is 0.733 bits per heavy atom. The van der Waals surface area contributed by atoms with Gasteiger partial charge in [-0.05, 0) is 98.2 Å². The summed E-state index contributed by atoms with van der Waals surface area (Å²) in [4.78, 5) is 41.8. The fourth-order valence-corrected chi connectivity index (χ4v) is 7.00. The van der Waals surface area contributed by atoms with E-state index in [2.05, 4.69) is 18.7 Å². The van der Waals surface area contributed by atoms with Gasteiger partial charge in [0.15, 0.2) is 0 Å². The maximum atomic E-state index is 13.2. The number of amides is 1. The Kier molecular flexibility index (Phi) is 21.7. The van der Waals surface area contributed by atoms with Crippen LogP contribution in [-0.2, 0) is 28.9 Å². The third-order valence-electron chi connectivity index (χ3n) is 8.21. The molecule has 0 N–H and O–H groups in total. The maximum absolute atomic E-state index is 13.2. The van der Waals surface area contributed by atoms with E-state index in [-0.39, 0.29) is 56.1 Å². The summed E-state index contributed by atoms with van der Waals surface area (Å²) in [5, 5.41) is -0.918. The number of nitrogens with zero attached hydrogens (tertiary/aromatic N) is 2. The first-order valence-electron chi connectivity index (χ1n) is 18.0. The van der Waals surface area contributed by atoms with Crippen LogP contribution in [0.25, 0.3) is 0 Å². The normalized spacial score (nSPS) is 14.2. The van der Waals surface area contributed by atoms with E-state index in [9.17, 15) is 22.8 Å². The standard InChI is InChI=1S/C35H66N2O7S/c1-6-8-10-12-14-21-31(22-15-13-11-9-7-2)43-32(38)23-18-28-37(29-19-24-33(39)44-35(3,4)5)34(40)45(41,42)30-20-27-36-25-16-17-26-36/h31H,6-30H2,1-5H3. The zero-order valence-electron chi connectivity index (χ0n) is 29.4. The molecule has 1 amide bonds. The maximum Gasteiger partial charge on any atom is 0.338 e. The summed E-state index contributed by atoms with van der Waals surface area (Å²) in [5.74, 6) is -0.885. The van der Waals surface area contributed by atoms with Crippen molar-refractivity contribution in [3.05, 3.63) is 0 Å². The smallest absolute Gasteiger partial charge is 0.338 e. The summed E-state index contributed by atoms with van der Waals surface area (Å²) in [6.45, 7) is 12.6. The van der Waals surface area contributed by atoms with Crippen LogP contribution in [0.2, 0.25) is 0 Å². The van der Waals surface area contributed by atoms with Crippen molar-refractivity contribution in [1.29, 1.82) is 0 Å². The molecule has 0 aromatic heterocycles. The van der Waals surface area contributed by atoms with Gasteiger partial charge in [0.1, 0.15) is 11.7 Å². The molecule has 0 aromatic rings. The molecule has 0 saturated carbocycles. The zero-order chi connectivity index (χ0) is 33.6. The highest BCUT2D eigenvalue weighted by molar-refractivity contribution is 8.05. The van der Waals surface area contributed by atoms with E-state index in [4.69, 9.17) is 9.47 Å². The highest BCUT2D eigenvalue weighted by atomic mass is 32.2. The van der Waals surface area contributed by atoms with E-state index >= 15 is 0 Å². The number of likely N-dealkylation sites (tertiary alicyclic amines) is 1. The van der Waals surface area contributed by atoms with Crippen molar-refractivity contribution in [2.75, 3.05) is 38.5 Å². The molecular weight excluding hydrogens is 592 g/mol. The molecule has 0 bridgehead atoms. The molecular formula is C35H66N2O7S. The van der Waals surface area contributed by atoms with Gasteiger partial charge >= 0.3 is 17.2 Å². The molecule has 0 atom stereocenters. The fraction of sp³-hybridized carbons (Fsp3) is 0.914. The monoisotopic (exact) mass is 658 g/mol. The zero-order valence-corrected chi connectivity index (χ0v) is 30.2. The third kappa shape index (κ3) is 20.9. The van der Waals surface area contributed by atoms with Crippen molar-refractivity contribution in [2.45, 2.75) is 168 Å². The number of carbonyl (C=O) groups excluding carboxylic acids is 3. The second-order valence-corrected chi connectivity index (χ2v) is 15.8. The highest BCUT2D eigenvalue weighted by Crippen LogP contribution is 2.18. The average molecular weight is 659 g/mol. The van der Waals surface area contributed by atoms with E-state index in [0.29, 0.717) is 19.4 Å². The number of hydrogen-bond donors (Lipinski definition) is 0. The third-order valence-corrected chi connectivity index (χ3v) is 9.82. The largest absolute Gasteiger partial charge is 0.462 e. The quantitative estimate of drug-likeness (QED) is 0.0721. The second kappa shape index (κ2) is 23.6. The van der Waals surface area contributed by atoms with E-state index < -0.39 is 20.7 Å². The van der Waals surface area contributed by atoms with Gasteiger partial charge in [-0.1, -0.05) is 65.2 Å². The van der Waals surface area contributed by atoms with E-state index in [1.54, 1.807) is 20.8 Å². The number of rotatable bonds is 25. The number of sulfone groups is 1. The minimum Gasteiger partial charge on any atom is -0.462 e. The van der Waals surface area contributed by atoms with Crippen molar-refractivity contribution >= 4 is 27.0 Å². The Morgan fingerprint density at radius 2 is 1.24 bits per heavy atom. The highest BCUT2D eigenvalue weighted by Gasteiger charge is 2.29. The molecule has 1 aliphatic heterocycles. The van der Waals surface area contributed by atoms with Gasteiger partial charge in [0, 0.05) is 25.9 Å². The molecule has 1 fully saturated rings.